The van der Waals surface area contributed by atoms with E-state index in [9.17, 15) is 13.2 Å². The van der Waals surface area contributed by atoms with Crippen molar-refractivity contribution in [3.8, 4) is 17.0 Å². The summed E-state index contributed by atoms with van der Waals surface area (Å²) in [5.41, 5.74) is 1.66. The Morgan fingerprint density at radius 1 is 0.950 bits per heavy atom. The molecule has 2 aromatic carbocycles. The van der Waals surface area contributed by atoms with Gasteiger partial charge in [-0.3, -0.25) is 9.88 Å². The monoisotopic (exact) mass is 551 g/mol. The third-order valence-electron chi connectivity index (χ3n) is 6.84. The molecule has 0 bridgehead atoms. The SMILES string of the molecule is CC(C)(C)c1ccc(Nc2ncnc3cc(-c4ncccc4C(F)(F)F)ccc23)cc1OCCN1CCOCC1. The van der Waals surface area contributed by atoms with Gasteiger partial charge in [-0.15, -0.1) is 0 Å². The fourth-order valence-corrected chi connectivity index (χ4v) is 4.75. The number of nitrogens with zero attached hydrogens (tertiary/aromatic N) is 4. The largest absolute Gasteiger partial charge is 0.492 e. The number of hydrogen-bond acceptors (Lipinski definition) is 7. The molecular weight excluding hydrogens is 519 g/mol. The zero-order valence-electron chi connectivity index (χ0n) is 22.8. The van der Waals surface area contributed by atoms with E-state index in [2.05, 4.69) is 45.9 Å². The van der Waals surface area contributed by atoms with Crippen LogP contribution in [0.4, 0.5) is 24.7 Å². The highest BCUT2D eigenvalue weighted by atomic mass is 19.4. The van der Waals surface area contributed by atoms with Gasteiger partial charge in [-0.05, 0) is 41.3 Å². The first kappa shape index (κ1) is 27.8. The van der Waals surface area contributed by atoms with E-state index in [1.807, 2.05) is 18.2 Å². The minimum absolute atomic E-state index is 0.119. The Morgan fingerprint density at radius 3 is 2.50 bits per heavy atom. The lowest BCUT2D eigenvalue weighted by Gasteiger charge is -2.27. The highest BCUT2D eigenvalue weighted by molar-refractivity contribution is 5.93. The molecule has 1 aliphatic rings. The molecule has 0 spiro atoms. The average Bonchev–Trinajstić information content (AvgIpc) is 2.92. The van der Waals surface area contributed by atoms with Crippen molar-refractivity contribution in [3.05, 3.63) is 72.2 Å². The minimum atomic E-state index is -4.52. The lowest BCUT2D eigenvalue weighted by Crippen LogP contribution is -2.38. The standard InChI is InChI=1S/C30H32F3N5O2/c1-29(2,3)23-9-7-21(18-26(23)40-16-13-38-11-14-39-15-12-38)37-28-22-8-6-20(17-25(22)35-19-36-28)27-24(30(31,32)33)5-4-10-34-27/h4-10,17-19H,11-16H2,1-3H3,(H,35,36,37). The molecule has 1 fully saturated rings. The van der Waals surface area contributed by atoms with Gasteiger partial charge in [0.1, 0.15) is 24.5 Å². The third-order valence-corrected chi connectivity index (χ3v) is 6.84. The maximum absolute atomic E-state index is 13.6. The third kappa shape index (κ3) is 6.34. The fraction of sp³-hybridized carbons (Fsp3) is 0.367. The van der Waals surface area contributed by atoms with E-state index < -0.39 is 11.7 Å². The van der Waals surface area contributed by atoms with Crippen LogP contribution in [0.3, 0.4) is 0 Å². The highest BCUT2D eigenvalue weighted by Crippen LogP contribution is 2.38. The van der Waals surface area contributed by atoms with Crippen LogP contribution in [0, 0.1) is 0 Å². The Labute approximate surface area is 231 Å². The predicted octanol–water partition coefficient (Wildman–Crippen LogP) is 6.46. The molecule has 1 N–H and O–H groups in total. The number of halogens is 3. The van der Waals surface area contributed by atoms with Crippen LogP contribution in [0.15, 0.2) is 61.1 Å². The molecule has 1 aliphatic heterocycles. The quantitative estimate of drug-likeness (QED) is 0.283. The van der Waals surface area contributed by atoms with E-state index >= 15 is 0 Å². The molecule has 1 saturated heterocycles. The summed E-state index contributed by atoms with van der Waals surface area (Å²) in [6, 6.07) is 13.2. The van der Waals surface area contributed by atoms with E-state index in [4.69, 9.17) is 9.47 Å². The van der Waals surface area contributed by atoms with Crippen LogP contribution in [0.2, 0.25) is 0 Å². The van der Waals surface area contributed by atoms with Gasteiger partial charge in [0.25, 0.3) is 0 Å². The number of anilines is 2. The first-order chi connectivity index (χ1) is 19.1. The molecule has 5 rings (SSSR count). The van der Waals surface area contributed by atoms with E-state index in [1.54, 1.807) is 18.2 Å². The van der Waals surface area contributed by atoms with Crippen molar-refractivity contribution in [2.75, 3.05) is 44.8 Å². The molecular formula is C30H32F3N5O2. The van der Waals surface area contributed by atoms with Crippen molar-refractivity contribution in [3.63, 3.8) is 0 Å². The van der Waals surface area contributed by atoms with E-state index in [0.29, 0.717) is 28.9 Å². The lowest BCUT2D eigenvalue weighted by molar-refractivity contribution is -0.137. The second-order valence-electron chi connectivity index (χ2n) is 10.7. The topological polar surface area (TPSA) is 72.4 Å². The zero-order chi connectivity index (χ0) is 28.3. The Hall–Kier alpha value is -3.76. The van der Waals surface area contributed by atoms with Crippen LogP contribution in [0.5, 0.6) is 5.75 Å². The molecule has 10 heteroatoms. The van der Waals surface area contributed by atoms with Gasteiger partial charge in [-0.2, -0.15) is 13.2 Å². The Morgan fingerprint density at radius 2 is 1.75 bits per heavy atom. The first-order valence-electron chi connectivity index (χ1n) is 13.2. The van der Waals surface area contributed by atoms with Crippen molar-refractivity contribution in [2.24, 2.45) is 0 Å². The molecule has 0 saturated carbocycles. The van der Waals surface area contributed by atoms with Gasteiger partial charge in [0.15, 0.2) is 0 Å². The summed E-state index contributed by atoms with van der Waals surface area (Å²) >= 11 is 0. The molecule has 0 atom stereocenters. The van der Waals surface area contributed by atoms with Crippen molar-refractivity contribution in [1.82, 2.24) is 19.9 Å². The summed E-state index contributed by atoms with van der Waals surface area (Å²) in [5.74, 6) is 1.33. The molecule has 0 aliphatic carbocycles. The Balaban J connectivity index is 1.41. The second-order valence-corrected chi connectivity index (χ2v) is 10.7. The van der Waals surface area contributed by atoms with Gasteiger partial charge in [0.05, 0.1) is 30.0 Å². The number of rotatable bonds is 7. The number of nitrogens with one attached hydrogen (secondary N) is 1. The van der Waals surface area contributed by atoms with Crippen LogP contribution in [-0.2, 0) is 16.3 Å². The number of hydrogen-bond donors (Lipinski definition) is 1. The van der Waals surface area contributed by atoms with Gasteiger partial charge < -0.3 is 14.8 Å². The average molecular weight is 552 g/mol. The second kappa shape index (κ2) is 11.4. The summed E-state index contributed by atoms with van der Waals surface area (Å²) in [6.07, 6.45) is -1.78. The summed E-state index contributed by atoms with van der Waals surface area (Å²) in [5, 5.41) is 4.02. The molecule has 0 amide bonds. The van der Waals surface area contributed by atoms with Crippen LogP contribution < -0.4 is 10.1 Å². The molecule has 2 aromatic heterocycles. The Bertz CT molecular complexity index is 1480. The number of ether oxygens (including phenoxy) is 2. The van der Waals surface area contributed by atoms with Crippen molar-refractivity contribution in [2.45, 2.75) is 32.4 Å². The molecule has 3 heterocycles. The Kier molecular flexibility index (Phi) is 7.91. The molecule has 0 unspecified atom stereocenters. The molecule has 7 nitrogen and oxygen atoms in total. The van der Waals surface area contributed by atoms with Crippen LogP contribution in [0.1, 0.15) is 31.9 Å². The van der Waals surface area contributed by atoms with Crippen molar-refractivity contribution < 1.29 is 22.6 Å². The van der Waals surface area contributed by atoms with E-state index in [-0.39, 0.29) is 11.1 Å². The highest BCUT2D eigenvalue weighted by Gasteiger charge is 2.34. The van der Waals surface area contributed by atoms with Crippen LogP contribution in [0.25, 0.3) is 22.2 Å². The summed E-state index contributed by atoms with van der Waals surface area (Å²) < 4.78 is 52.4. The lowest BCUT2D eigenvalue weighted by atomic mass is 9.86. The maximum atomic E-state index is 13.6. The van der Waals surface area contributed by atoms with E-state index in [0.717, 1.165) is 55.9 Å². The van der Waals surface area contributed by atoms with Gasteiger partial charge in [-0.1, -0.05) is 32.9 Å². The fourth-order valence-electron chi connectivity index (χ4n) is 4.75. The number of benzene rings is 2. The number of alkyl halides is 3. The number of pyridine rings is 1. The molecule has 40 heavy (non-hydrogen) atoms. The first-order valence-corrected chi connectivity index (χ1v) is 13.2. The van der Waals surface area contributed by atoms with Gasteiger partial charge in [0.2, 0.25) is 0 Å². The van der Waals surface area contributed by atoms with Crippen LogP contribution >= 0.6 is 0 Å². The summed E-state index contributed by atoms with van der Waals surface area (Å²) in [7, 11) is 0. The molecule has 0 radical (unpaired) electrons. The smallest absolute Gasteiger partial charge is 0.418 e. The van der Waals surface area contributed by atoms with Crippen molar-refractivity contribution >= 4 is 22.4 Å². The zero-order valence-corrected chi connectivity index (χ0v) is 22.8. The van der Waals surface area contributed by atoms with Gasteiger partial charge in [-0.25, -0.2) is 9.97 Å². The number of morpholine rings is 1. The summed E-state index contributed by atoms with van der Waals surface area (Å²) in [4.78, 5) is 15.0. The van der Waals surface area contributed by atoms with Crippen LogP contribution in [-0.4, -0.2) is 59.3 Å². The summed E-state index contributed by atoms with van der Waals surface area (Å²) in [6.45, 7) is 11.1. The number of aromatic nitrogens is 3. The van der Waals surface area contributed by atoms with E-state index in [1.165, 1.54) is 18.6 Å². The van der Waals surface area contributed by atoms with Crippen molar-refractivity contribution in [1.29, 1.82) is 0 Å². The molecule has 210 valence electrons. The maximum Gasteiger partial charge on any atom is 0.418 e. The van der Waals surface area contributed by atoms with Gasteiger partial charge in [0, 0.05) is 48.5 Å². The number of fused-ring (bicyclic) bond motifs is 1. The predicted molar refractivity (Wildman–Crippen MR) is 149 cm³/mol. The molecule has 4 aromatic rings. The normalized spacial score (nSPS) is 14.8. The minimum Gasteiger partial charge on any atom is -0.492 e. The van der Waals surface area contributed by atoms with Gasteiger partial charge >= 0.3 is 6.18 Å².